The van der Waals surface area contributed by atoms with Crippen LogP contribution in [0, 0.1) is 6.92 Å². The van der Waals surface area contributed by atoms with Gasteiger partial charge in [-0.2, -0.15) is 4.98 Å². The van der Waals surface area contributed by atoms with Gasteiger partial charge < -0.3 is 18.6 Å². The molecule has 174 valence electrons. The molecule has 34 heavy (non-hydrogen) atoms. The van der Waals surface area contributed by atoms with Crippen LogP contribution < -0.4 is 4.90 Å². The standard InChI is InChI=1S/C25H23N3O5S/c1-18-7-5-8-19(17-18)22-26-23(34(30,31)20-9-3-2-4-10-20)25(33-22)28-14-12-27(13-15-28)24(29)21-11-6-16-32-21/h2-11,16-17H,12-15H2,1H3. The number of anilines is 1. The first-order valence-corrected chi connectivity index (χ1v) is 12.4. The molecule has 0 saturated carbocycles. The molecule has 1 amide bonds. The Morgan fingerprint density at radius 2 is 1.71 bits per heavy atom. The van der Waals surface area contributed by atoms with Gasteiger partial charge in [0.25, 0.3) is 5.91 Å². The lowest BCUT2D eigenvalue weighted by atomic mass is 10.1. The van der Waals surface area contributed by atoms with E-state index in [4.69, 9.17) is 8.83 Å². The molecular formula is C25H23N3O5S. The number of aromatic nitrogens is 1. The summed E-state index contributed by atoms with van der Waals surface area (Å²) in [5, 5.41) is -0.124. The first-order chi connectivity index (χ1) is 16.4. The van der Waals surface area contributed by atoms with E-state index in [0.717, 1.165) is 5.56 Å². The summed E-state index contributed by atoms with van der Waals surface area (Å²) in [5.41, 5.74) is 1.71. The summed E-state index contributed by atoms with van der Waals surface area (Å²) in [6.45, 7) is 3.53. The first kappa shape index (κ1) is 22.0. The number of aryl methyl sites for hydroxylation is 1. The SMILES string of the molecule is Cc1cccc(-c2nc(S(=O)(=O)c3ccccc3)c(N3CCN(C(=O)c4ccco4)CC3)o2)c1. The van der Waals surface area contributed by atoms with Crippen LogP contribution in [0.25, 0.3) is 11.5 Å². The van der Waals surface area contributed by atoms with Crippen molar-refractivity contribution in [2.75, 3.05) is 31.1 Å². The molecule has 0 aliphatic carbocycles. The molecule has 1 saturated heterocycles. The normalized spacial score (nSPS) is 14.4. The van der Waals surface area contributed by atoms with Gasteiger partial charge in [-0.1, -0.05) is 35.9 Å². The summed E-state index contributed by atoms with van der Waals surface area (Å²) >= 11 is 0. The number of sulfone groups is 1. The molecule has 1 aliphatic rings. The second-order valence-electron chi connectivity index (χ2n) is 8.07. The summed E-state index contributed by atoms with van der Waals surface area (Å²) in [6, 6.07) is 19.0. The number of oxazole rings is 1. The number of nitrogens with zero attached hydrogens (tertiary/aromatic N) is 3. The number of piperazine rings is 1. The number of hydrogen-bond acceptors (Lipinski definition) is 7. The second-order valence-corrected chi connectivity index (χ2v) is 9.94. The van der Waals surface area contributed by atoms with Gasteiger partial charge in [-0.3, -0.25) is 4.79 Å². The average Bonchev–Trinajstić information content (AvgIpc) is 3.55. The fourth-order valence-electron chi connectivity index (χ4n) is 3.95. The second kappa shape index (κ2) is 8.83. The number of carbonyl (C=O) groups is 1. The Bertz CT molecular complexity index is 1400. The number of carbonyl (C=O) groups excluding carboxylic acids is 1. The average molecular weight is 478 g/mol. The Labute approximate surface area is 197 Å². The van der Waals surface area contributed by atoms with Gasteiger partial charge in [-0.25, -0.2) is 8.42 Å². The van der Waals surface area contributed by atoms with Gasteiger partial charge in [0, 0.05) is 31.7 Å². The zero-order valence-electron chi connectivity index (χ0n) is 18.5. The fraction of sp³-hybridized carbons (Fsp3) is 0.200. The minimum Gasteiger partial charge on any atom is -0.459 e. The largest absolute Gasteiger partial charge is 0.459 e. The molecule has 8 nitrogen and oxygen atoms in total. The van der Waals surface area contributed by atoms with Gasteiger partial charge in [0.2, 0.25) is 26.6 Å². The molecule has 0 unspecified atom stereocenters. The van der Waals surface area contributed by atoms with Crippen molar-refractivity contribution in [1.29, 1.82) is 0 Å². The maximum Gasteiger partial charge on any atom is 0.289 e. The summed E-state index contributed by atoms with van der Waals surface area (Å²) in [7, 11) is -3.92. The lowest BCUT2D eigenvalue weighted by molar-refractivity contribution is 0.0713. The predicted molar refractivity (Wildman–Crippen MR) is 125 cm³/mol. The molecular weight excluding hydrogens is 454 g/mol. The van der Waals surface area contributed by atoms with Gasteiger partial charge in [-0.05, 0) is 43.3 Å². The topological polar surface area (TPSA) is 96.9 Å². The zero-order valence-corrected chi connectivity index (χ0v) is 19.4. The third-order valence-corrected chi connectivity index (χ3v) is 7.41. The fourth-order valence-corrected chi connectivity index (χ4v) is 5.30. The van der Waals surface area contributed by atoms with Crippen molar-refractivity contribution < 1.29 is 22.0 Å². The van der Waals surface area contributed by atoms with Crippen molar-refractivity contribution in [3.8, 4) is 11.5 Å². The highest BCUT2D eigenvalue weighted by atomic mass is 32.2. The van der Waals surface area contributed by atoms with Gasteiger partial charge in [0.05, 0.1) is 11.2 Å². The minimum atomic E-state index is -3.92. The van der Waals surface area contributed by atoms with Crippen molar-refractivity contribution >= 4 is 21.6 Å². The number of furan rings is 1. The quantitative estimate of drug-likeness (QED) is 0.428. The van der Waals surface area contributed by atoms with Crippen molar-refractivity contribution in [3.63, 3.8) is 0 Å². The van der Waals surface area contributed by atoms with E-state index >= 15 is 0 Å². The van der Waals surface area contributed by atoms with Crippen LogP contribution in [0.4, 0.5) is 5.88 Å². The van der Waals surface area contributed by atoms with E-state index in [-0.39, 0.29) is 33.4 Å². The van der Waals surface area contributed by atoms with Gasteiger partial charge in [0.1, 0.15) is 0 Å². The van der Waals surface area contributed by atoms with Crippen LogP contribution in [-0.4, -0.2) is 50.4 Å². The summed E-state index contributed by atoms with van der Waals surface area (Å²) < 4.78 is 38.3. The number of amides is 1. The van der Waals surface area contributed by atoms with Crippen molar-refractivity contribution in [1.82, 2.24) is 9.88 Å². The highest BCUT2D eigenvalue weighted by Gasteiger charge is 2.33. The van der Waals surface area contributed by atoms with Crippen molar-refractivity contribution in [2.24, 2.45) is 0 Å². The number of benzene rings is 2. The smallest absolute Gasteiger partial charge is 0.289 e. The molecule has 1 aliphatic heterocycles. The van der Waals surface area contributed by atoms with Crippen LogP contribution in [-0.2, 0) is 9.84 Å². The molecule has 0 bridgehead atoms. The molecule has 2 aromatic heterocycles. The molecule has 0 atom stereocenters. The van der Waals surface area contributed by atoms with Gasteiger partial charge in [-0.15, -0.1) is 0 Å². The molecule has 2 aromatic carbocycles. The lowest BCUT2D eigenvalue weighted by Gasteiger charge is -2.34. The van der Waals surface area contributed by atoms with Crippen molar-refractivity contribution in [2.45, 2.75) is 16.8 Å². The Morgan fingerprint density at radius 1 is 0.941 bits per heavy atom. The molecule has 9 heteroatoms. The number of hydrogen-bond donors (Lipinski definition) is 0. The van der Waals surface area contributed by atoms with E-state index in [9.17, 15) is 13.2 Å². The highest BCUT2D eigenvalue weighted by molar-refractivity contribution is 7.91. The first-order valence-electron chi connectivity index (χ1n) is 10.9. The highest BCUT2D eigenvalue weighted by Crippen LogP contribution is 2.35. The van der Waals surface area contributed by atoms with Crippen LogP contribution in [0.1, 0.15) is 16.1 Å². The summed E-state index contributed by atoms with van der Waals surface area (Å²) in [6.07, 6.45) is 1.46. The molecule has 5 rings (SSSR count). The minimum absolute atomic E-state index is 0.124. The van der Waals surface area contributed by atoms with E-state index in [0.29, 0.717) is 31.7 Å². The van der Waals surface area contributed by atoms with Crippen LogP contribution in [0.2, 0.25) is 0 Å². The molecule has 0 N–H and O–H groups in total. The molecule has 1 fully saturated rings. The zero-order chi connectivity index (χ0) is 23.7. The molecule has 0 spiro atoms. The Hall–Kier alpha value is -3.85. The Kier molecular flexibility index (Phi) is 5.70. The monoisotopic (exact) mass is 477 g/mol. The van der Waals surface area contributed by atoms with E-state index in [2.05, 4.69) is 4.98 Å². The van der Waals surface area contributed by atoms with Crippen LogP contribution >= 0.6 is 0 Å². The van der Waals surface area contributed by atoms with E-state index in [1.54, 1.807) is 47.4 Å². The summed E-state index contributed by atoms with van der Waals surface area (Å²) in [4.78, 5) is 20.7. The van der Waals surface area contributed by atoms with Gasteiger partial charge in [0.15, 0.2) is 5.76 Å². The van der Waals surface area contributed by atoms with Crippen LogP contribution in [0.5, 0.6) is 0 Å². The maximum atomic E-state index is 13.5. The summed E-state index contributed by atoms with van der Waals surface area (Å²) in [5.74, 6) is 0.509. The molecule has 0 radical (unpaired) electrons. The van der Waals surface area contributed by atoms with Crippen molar-refractivity contribution in [3.05, 3.63) is 84.3 Å². The Morgan fingerprint density at radius 3 is 2.38 bits per heavy atom. The Balaban J connectivity index is 1.49. The van der Waals surface area contributed by atoms with Gasteiger partial charge >= 0.3 is 0 Å². The van der Waals surface area contributed by atoms with Crippen LogP contribution in [0.15, 0.2) is 91.7 Å². The van der Waals surface area contributed by atoms with E-state index in [1.165, 1.54) is 6.26 Å². The third kappa shape index (κ3) is 4.10. The van der Waals surface area contributed by atoms with Crippen LogP contribution in [0.3, 0.4) is 0 Å². The maximum absolute atomic E-state index is 13.5. The van der Waals surface area contributed by atoms with E-state index in [1.807, 2.05) is 36.1 Å². The predicted octanol–water partition coefficient (Wildman–Crippen LogP) is 4.04. The molecule has 4 aromatic rings. The number of rotatable bonds is 5. The molecule has 3 heterocycles. The third-order valence-electron chi connectivity index (χ3n) is 5.74. The lowest BCUT2D eigenvalue weighted by Crippen LogP contribution is -2.49. The van der Waals surface area contributed by atoms with E-state index < -0.39 is 9.84 Å².